The van der Waals surface area contributed by atoms with Crippen molar-refractivity contribution in [2.75, 3.05) is 13.6 Å². The SMILES string of the molecule is CC(C)CCCCN(C)[Si](C)(C)C(C)(C)C. The van der Waals surface area contributed by atoms with Crippen molar-refractivity contribution in [1.29, 1.82) is 0 Å². The minimum atomic E-state index is -1.25. The van der Waals surface area contributed by atoms with E-state index in [0.29, 0.717) is 5.04 Å². The molecule has 0 fully saturated rings. The van der Waals surface area contributed by atoms with Crippen molar-refractivity contribution in [2.45, 2.75) is 72.0 Å². The Kier molecular flexibility index (Phi) is 6.27. The van der Waals surface area contributed by atoms with Crippen LogP contribution in [0.25, 0.3) is 0 Å². The molecule has 0 bridgehead atoms. The van der Waals surface area contributed by atoms with Crippen LogP contribution in [0.1, 0.15) is 53.9 Å². The maximum absolute atomic E-state index is 2.66. The average molecular weight is 244 g/mol. The van der Waals surface area contributed by atoms with E-state index in [4.69, 9.17) is 0 Å². The molecule has 0 saturated heterocycles. The summed E-state index contributed by atoms with van der Waals surface area (Å²) in [6.07, 6.45) is 4.13. The van der Waals surface area contributed by atoms with E-state index in [1.807, 2.05) is 0 Å². The molecule has 98 valence electrons. The van der Waals surface area contributed by atoms with Crippen LogP contribution in [0.15, 0.2) is 0 Å². The molecule has 0 spiro atoms. The summed E-state index contributed by atoms with van der Waals surface area (Å²) in [6.45, 7) is 18.1. The molecular formula is C14H33NSi. The van der Waals surface area contributed by atoms with Crippen LogP contribution in [0, 0.1) is 5.92 Å². The lowest BCUT2D eigenvalue weighted by Crippen LogP contribution is -2.53. The van der Waals surface area contributed by atoms with E-state index >= 15 is 0 Å². The molecule has 0 unspecified atom stereocenters. The number of rotatable bonds is 6. The normalized spacial score (nSPS) is 13.9. The van der Waals surface area contributed by atoms with Crippen LogP contribution < -0.4 is 0 Å². The quantitative estimate of drug-likeness (QED) is 0.481. The average Bonchev–Trinajstić information content (AvgIpc) is 2.09. The molecule has 2 heteroatoms. The Morgan fingerprint density at radius 2 is 1.56 bits per heavy atom. The van der Waals surface area contributed by atoms with Gasteiger partial charge in [-0.15, -0.1) is 0 Å². The fourth-order valence-corrected chi connectivity index (χ4v) is 3.62. The van der Waals surface area contributed by atoms with Gasteiger partial charge in [0.05, 0.1) is 0 Å². The van der Waals surface area contributed by atoms with Crippen LogP contribution in [0.2, 0.25) is 18.1 Å². The summed E-state index contributed by atoms with van der Waals surface area (Å²) >= 11 is 0. The zero-order valence-electron chi connectivity index (χ0n) is 12.9. The van der Waals surface area contributed by atoms with Crippen LogP contribution in [-0.2, 0) is 0 Å². The van der Waals surface area contributed by atoms with E-state index < -0.39 is 8.24 Å². The van der Waals surface area contributed by atoms with Crippen molar-refractivity contribution in [3.8, 4) is 0 Å². The van der Waals surface area contributed by atoms with Crippen molar-refractivity contribution < 1.29 is 0 Å². The van der Waals surface area contributed by atoms with Crippen LogP contribution in [-0.4, -0.2) is 26.4 Å². The molecule has 0 aliphatic heterocycles. The monoisotopic (exact) mass is 243 g/mol. The zero-order chi connectivity index (χ0) is 13.0. The van der Waals surface area contributed by atoms with Gasteiger partial charge in [0.2, 0.25) is 0 Å². The minimum Gasteiger partial charge on any atom is -0.326 e. The minimum absolute atomic E-state index is 0.472. The summed E-state index contributed by atoms with van der Waals surface area (Å²) < 4.78 is 2.66. The van der Waals surface area contributed by atoms with Crippen LogP contribution in [0.5, 0.6) is 0 Å². The Hall–Kier alpha value is 0.177. The van der Waals surface area contributed by atoms with E-state index in [1.54, 1.807) is 0 Å². The number of hydrogen-bond donors (Lipinski definition) is 0. The molecule has 0 N–H and O–H groups in total. The number of nitrogens with zero attached hydrogens (tertiary/aromatic N) is 1. The second-order valence-electron chi connectivity index (χ2n) is 7.12. The van der Waals surface area contributed by atoms with E-state index in [0.717, 1.165) is 5.92 Å². The largest absolute Gasteiger partial charge is 0.326 e. The van der Waals surface area contributed by atoms with Gasteiger partial charge in [-0.2, -0.15) is 0 Å². The summed E-state index contributed by atoms with van der Waals surface area (Å²) in [5.74, 6) is 0.859. The molecule has 0 saturated carbocycles. The molecule has 0 rings (SSSR count). The Morgan fingerprint density at radius 3 is 1.94 bits per heavy atom. The van der Waals surface area contributed by atoms with Crippen molar-refractivity contribution in [3.05, 3.63) is 0 Å². The third-order valence-electron chi connectivity index (χ3n) is 4.31. The lowest BCUT2D eigenvalue weighted by atomic mass is 10.1. The van der Waals surface area contributed by atoms with Gasteiger partial charge in [0, 0.05) is 0 Å². The lowest BCUT2D eigenvalue weighted by molar-refractivity contribution is 0.432. The van der Waals surface area contributed by atoms with Gasteiger partial charge in [0.1, 0.15) is 8.24 Å². The second-order valence-corrected chi connectivity index (χ2v) is 12.5. The number of unbranched alkanes of at least 4 members (excludes halogenated alkanes) is 1. The van der Waals surface area contributed by atoms with Crippen LogP contribution >= 0.6 is 0 Å². The van der Waals surface area contributed by atoms with E-state index in [1.165, 1.54) is 25.8 Å². The van der Waals surface area contributed by atoms with Crippen LogP contribution in [0.4, 0.5) is 0 Å². The van der Waals surface area contributed by atoms with Gasteiger partial charge in [-0.25, -0.2) is 0 Å². The molecule has 0 aromatic carbocycles. The maximum atomic E-state index is 2.66. The topological polar surface area (TPSA) is 3.24 Å². The standard InChI is InChI=1S/C14H33NSi/c1-13(2)11-9-10-12-15(6)16(7,8)14(3,4)5/h13H,9-12H2,1-8H3. The molecule has 0 radical (unpaired) electrons. The van der Waals surface area contributed by atoms with Gasteiger partial charge < -0.3 is 4.57 Å². The molecule has 1 nitrogen and oxygen atoms in total. The Balaban J connectivity index is 4.01. The fourth-order valence-electron chi connectivity index (χ4n) is 1.75. The summed E-state index contributed by atoms with van der Waals surface area (Å²) in [5, 5.41) is 0.472. The van der Waals surface area contributed by atoms with Crippen LogP contribution in [0.3, 0.4) is 0 Å². The highest BCUT2D eigenvalue weighted by Crippen LogP contribution is 2.37. The molecule has 0 aliphatic carbocycles. The van der Waals surface area contributed by atoms with Crippen molar-refractivity contribution in [3.63, 3.8) is 0 Å². The molecule has 0 aromatic heterocycles. The van der Waals surface area contributed by atoms with Gasteiger partial charge in [-0.05, 0) is 31.0 Å². The first-order valence-corrected chi connectivity index (χ1v) is 9.75. The summed E-state index contributed by atoms with van der Waals surface area (Å²) in [6, 6.07) is 0. The molecular weight excluding hydrogens is 210 g/mol. The molecule has 0 amide bonds. The smallest absolute Gasteiger partial charge is 0.127 e. The predicted octanol–water partition coefficient (Wildman–Crippen LogP) is 4.75. The first-order valence-electron chi connectivity index (χ1n) is 6.80. The Labute approximate surface area is 105 Å². The lowest BCUT2D eigenvalue weighted by Gasteiger charge is -2.44. The fraction of sp³-hybridized carbons (Fsp3) is 1.00. The Morgan fingerprint density at radius 1 is 1.06 bits per heavy atom. The Bertz CT molecular complexity index is 191. The van der Waals surface area contributed by atoms with E-state index in [-0.39, 0.29) is 0 Å². The summed E-state index contributed by atoms with van der Waals surface area (Å²) in [7, 11) is 1.07. The van der Waals surface area contributed by atoms with Crippen molar-refractivity contribution >= 4 is 8.24 Å². The summed E-state index contributed by atoms with van der Waals surface area (Å²) in [4.78, 5) is 0. The van der Waals surface area contributed by atoms with Gasteiger partial charge >= 0.3 is 0 Å². The first-order chi connectivity index (χ1) is 7.09. The maximum Gasteiger partial charge on any atom is 0.127 e. The van der Waals surface area contributed by atoms with Gasteiger partial charge in [-0.1, -0.05) is 60.6 Å². The highest BCUT2D eigenvalue weighted by Gasteiger charge is 2.38. The molecule has 0 atom stereocenters. The molecule has 0 aromatic rings. The molecule has 0 heterocycles. The third-order valence-corrected chi connectivity index (χ3v) is 10.1. The number of hydrogen-bond acceptors (Lipinski definition) is 1. The van der Waals surface area contributed by atoms with Gasteiger partial charge in [-0.3, -0.25) is 0 Å². The molecule has 0 aliphatic rings. The summed E-state index contributed by atoms with van der Waals surface area (Å²) in [5.41, 5.74) is 0. The van der Waals surface area contributed by atoms with Gasteiger partial charge in [0.15, 0.2) is 0 Å². The van der Waals surface area contributed by atoms with Gasteiger partial charge in [0.25, 0.3) is 0 Å². The van der Waals surface area contributed by atoms with Crippen molar-refractivity contribution in [2.24, 2.45) is 5.92 Å². The van der Waals surface area contributed by atoms with E-state index in [9.17, 15) is 0 Å². The highest BCUT2D eigenvalue weighted by molar-refractivity contribution is 6.77. The molecule has 16 heavy (non-hydrogen) atoms. The van der Waals surface area contributed by atoms with E-state index in [2.05, 4.69) is 59.3 Å². The first kappa shape index (κ1) is 16.2. The third kappa shape index (κ3) is 5.01. The highest BCUT2D eigenvalue weighted by atomic mass is 28.3. The second kappa shape index (κ2) is 6.20. The van der Waals surface area contributed by atoms with Crippen molar-refractivity contribution in [1.82, 2.24) is 4.57 Å². The zero-order valence-corrected chi connectivity index (χ0v) is 13.9. The predicted molar refractivity (Wildman–Crippen MR) is 78.5 cm³/mol.